The van der Waals surface area contributed by atoms with E-state index in [2.05, 4.69) is 35.2 Å². The lowest BCUT2D eigenvalue weighted by Gasteiger charge is -2.27. The van der Waals surface area contributed by atoms with E-state index in [0.29, 0.717) is 17.3 Å². The Labute approximate surface area is 168 Å². The first-order valence-corrected chi connectivity index (χ1v) is 10.7. The molecule has 1 N–H and O–H groups in total. The van der Waals surface area contributed by atoms with Crippen LogP contribution in [0.5, 0.6) is 5.75 Å². The van der Waals surface area contributed by atoms with Gasteiger partial charge in [-0.3, -0.25) is 4.79 Å². The molecule has 0 aliphatic carbocycles. The molecule has 0 saturated carbocycles. The third-order valence-corrected chi connectivity index (χ3v) is 6.42. The lowest BCUT2D eigenvalue weighted by molar-refractivity contribution is 0.0919. The van der Waals surface area contributed by atoms with Gasteiger partial charge in [0.25, 0.3) is 5.91 Å². The van der Waals surface area contributed by atoms with Gasteiger partial charge in [0.15, 0.2) is 0 Å². The number of amides is 1. The predicted octanol–water partition coefficient (Wildman–Crippen LogP) is 5.80. The maximum Gasteiger partial charge on any atom is 0.268 e. The molecular formula is C21H23ClN2O2S. The Kier molecular flexibility index (Phi) is 5.15. The molecule has 1 aromatic carbocycles. The number of halogens is 1. The molecule has 0 spiro atoms. The standard InChI is InChI=1S/C21H23ClN2O2S/c1-3-6-16(19-7-5-10-27-19)23-21(25)17-11-14-15(22)8-9-18-20(14)24(17)12-13(4-2)26-18/h5,7-11,13,16H,3-4,6,12H2,1-2H3,(H,23,25)/t13-,16+/m1/s1. The van der Waals surface area contributed by atoms with Crippen LogP contribution in [-0.4, -0.2) is 16.6 Å². The summed E-state index contributed by atoms with van der Waals surface area (Å²) < 4.78 is 8.14. The Morgan fingerprint density at radius 2 is 2.26 bits per heavy atom. The summed E-state index contributed by atoms with van der Waals surface area (Å²) in [5, 5.41) is 6.80. The summed E-state index contributed by atoms with van der Waals surface area (Å²) in [4.78, 5) is 14.4. The van der Waals surface area contributed by atoms with E-state index >= 15 is 0 Å². The highest BCUT2D eigenvalue weighted by atomic mass is 35.5. The summed E-state index contributed by atoms with van der Waals surface area (Å²) in [7, 11) is 0. The van der Waals surface area contributed by atoms with Gasteiger partial charge in [-0.15, -0.1) is 11.3 Å². The fraction of sp³-hybridized carbons (Fsp3) is 0.381. The molecule has 4 nitrogen and oxygen atoms in total. The van der Waals surface area contributed by atoms with Gasteiger partial charge in [0.05, 0.1) is 23.1 Å². The first kappa shape index (κ1) is 18.4. The fourth-order valence-corrected chi connectivity index (χ4v) is 4.74. The number of benzene rings is 1. The van der Waals surface area contributed by atoms with Crippen LogP contribution in [-0.2, 0) is 6.54 Å². The van der Waals surface area contributed by atoms with Crippen molar-refractivity contribution in [2.24, 2.45) is 0 Å². The van der Waals surface area contributed by atoms with E-state index in [0.717, 1.165) is 35.9 Å². The molecule has 0 fully saturated rings. The van der Waals surface area contributed by atoms with Crippen LogP contribution in [0.3, 0.4) is 0 Å². The number of hydrogen-bond acceptors (Lipinski definition) is 3. The molecule has 1 aliphatic heterocycles. The number of carbonyl (C=O) groups excluding carboxylic acids is 1. The molecule has 1 aliphatic rings. The van der Waals surface area contributed by atoms with Gasteiger partial charge in [-0.1, -0.05) is 37.9 Å². The first-order valence-electron chi connectivity index (χ1n) is 9.45. The van der Waals surface area contributed by atoms with Crippen molar-refractivity contribution in [3.8, 4) is 5.75 Å². The lowest BCUT2D eigenvalue weighted by atomic mass is 10.1. The number of carbonyl (C=O) groups is 1. The van der Waals surface area contributed by atoms with Gasteiger partial charge in [-0.05, 0) is 42.5 Å². The van der Waals surface area contributed by atoms with Crippen molar-refractivity contribution in [1.29, 1.82) is 0 Å². The maximum atomic E-state index is 13.2. The summed E-state index contributed by atoms with van der Waals surface area (Å²) in [5.74, 6) is 0.742. The third kappa shape index (κ3) is 3.34. The van der Waals surface area contributed by atoms with Gasteiger partial charge in [0, 0.05) is 10.3 Å². The minimum Gasteiger partial charge on any atom is -0.486 e. The number of rotatable bonds is 6. The summed E-state index contributed by atoms with van der Waals surface area (Å²) in [6.45, 7) is 4.89. The molecule has 6 heteroatoms. The number of nitrogens with one attached hydrogen (secondary N) is 1. The molecule has 2 aromatic heterocycles. The Morgan fingerprint density at radius 3 is 2.96 bits per heavy atom. The van der Waals surface area contributed by atoms with Gasteiger partial charge in [-0.2, -0.15) is 0 Å². The summed E-state index contributed by atoms with van der Waals surface area (Å²) >= 11 is 8.09. The number of hydrogen-bond donors (Lipinski definition) is 1. The van der Waals surface area contributed by atoms with Gasteiger partial charge >= 0.3 is 0 Å². The molecule has 0 radical (unpaired) electrons. The second-order valence-electron chi connectivity index (χ2n) is 6.93. The second-order valence-corrected chi connectivity index (χ2v) is 8.31. The molecule has 27 heavy (non-hydrogen) atoms. The molecule has 142 valence electrons. The molecular weight excluding hydrogens is 380 g/mol. The van der Waals surface area contributed by atoms with E-state index in [1.54, 1.807) is 11.3 Å². The Balaban J connectivity index is 1.72. The van der Waals surface area contributed by atoms with Crippen LogP contribution in [0, 0.1) is 0 Å². The normalized spacial score (nSPS) is 16.9. The van der Waals surface area contributed by atoms with E-state index < -0.39 is 0 Å². The largest absolute Gasteiger partial charge is 0.486 e. The molecule has 3 aromatic rings. The second kappa shape index (κ2) is 7.56. The molecule has 2 atom stereocenters. The Hall–Kier alpha value is -1.98. The van der Waals surface area contributed by atoms with Crippen molar-refractivity contribution >= 4 is 39.7 Å². The highest BCUT2D eigenvalue weighted by molar-refractivity contribution is 7.10. The molecule has 1 amide bonds. The highest BCUT2D eigenvalue weighted by Crippen LogP contribution is 2.38. The van der Waals surface area contributed by atoms with Crippen molar-refractivity contribution in [3.63, 3.8) is 0 Å². The molecule has 0 bridgehead atoms. The summed E-state index contributed by atoms with van der Waals surface area (Å²) in [6, 6.07) is 9.78. The van der Waals surface area contributed by atoms with E-state index in [1.165, 1.54) is 4.88 Å². The van der Waals surface area contributed by atoms with E-state index in [-0.39, 0.29) is 18.1 Å². The quantitative estimate of drug-likeness (QED) is 0.566. The maximum absolute atomic E-state index is 13.2. The van der Waals surface area contributed by atoms with Gasteiger partial charge in [0.2, 0.25) is 0 Å². The Bertz CT molecular complexity index is 964. The van der Waals surface area contributed by atoms with Crippen LogP contribution >= 0.6 is 22.9 Å². The fourth-order valence-electron chi connectivity index (χ4n) is 3.72. The summed E-state index contributed by atoms with van der Waals surface area (Å²) in [5.41, 5.74) is 1.57. The van der Waals surface area contributed by atoms with E-state index in [9.17, 15) is 4.79 Å². The highest BCUT2D eigenvalue weighted by Gasteiger charge is 2.28. The smallest absolute Gasteiger partial charge is 0.268 e. The van der Waals surface area contributed by atoms with Crippen LogP contribution in [0.25, 0.3) is 10.9 Å². The van der Waals surface area contributed by atoms with Gasteiger partial charge in [-0.25, -0.2) is 0 Å². The van der Waals surface area contributed by atoms with Gasteiger partial charge in [0.1, 0.15) is 17.5 Å². The van der Waals surface area contributed by atoms with E-state index in [1.807, 2.05) is 24.3 Å². The third-order valence-electron chi connectivity index (χ3n) is 5.11. The minimum atomic E-state index is -0.0585. The topological polar surface area (TPSA) is 43.3 Å². The van der Waals surface area contributed by atoms with Crippen molar-refractivity contribution in [2.75, 3.05) is 0 Å². The number of nitrogens with zero attached hydrogens (tertiary/aromatic N) is 1. The van der Waals surface area contributed by atoms with Crippen LogP contribution in [0.4, 0.5) is 0 Å². The SMILES string of the molecule is CCC[C@H](NC(=O)c1cc2c(Cl)ccc3c2n1C[C@@H](CC)O3)c1cccs1. The van der Waals surface area contributed by atoms with Crippen LogP contribution in [0.1, 0.15) is 54.5 Å². The zero-order valence-electron chi connectivity index (χ0n) is 15.5. The van der Waals surface area contributed by atoms with Crippen LogP contribution in [0.15, 0.2) is 35.7 Å². The lowest BCUT2D eigenvalue weighted by Crippen LogP contribution is -2.33. The number of aromatic nitrogens is 1. The number of ether oxygens (including phenoxy) is 1. The number of thiophene rings is 1. The van der Waals surface area contributed by atoms with Crippen molar-refractivity contribution < 1.29 is 9.53 Å². The van der Waals surface area contributed by atoms with Gasteiger partial charge < -0.3 is 14.6 Å². The van der Waals surface area contributed by atoms with E-state index in [4.69, 9.17) is 16.3 Å². The molecule has 3 heterocycles. The Morgan fingerprint density at radius 1 is 1.41 bits per heavy atom. The van der Waals surface area contributed by atoms with Crippen LogP contribution in [0.2, 0.25) is 5.02 Å². The van der Waals surface area contributed by atoms with Crippen molar-refractivity contribution in [1.82, 2.24) is 9.88 Å². The molecule has 4 rings (SSSR count). The predicted molar refractivity (Wildman–Crippen MR) is 111 cm³/mol. The minimum absolute atomic E-state index is 0.0325. The summed E-state index contributed by atoms with van der Waals surface area (Å²) in [6.07, 6.45) is 2.87. The van der Waals surface area contributed by atoms with Crippen molar-refractivity contribution in [3.05, 3.63) is 51.3 Å². The van der Waals surface area contributed by atoms with Crippen LogP contribution < -0.4 is 10.1 Å². The zero-order chi connectivity index (χ0) is 19.0. The average molecular weight is 403 g/mol. The molecule has 0 saturated heterocycles. The monoisotopic (exact) mass is 402 g/mol. The molecule has 0 unspecified atom stereocenters. The first-order chi connectivity index (χ1) is 13.1. The zero-order valence-corrected chi connectivity index (χ0v) is 17.1. The van der Waals surface area contributed by atoms with Crippen molar-refractivity contribution in [2.45, 2.75) is 51.8 Å². The average Bonchev–Trinajstić information content (AvgIpc) is 3.33.